The number of nitrogens with one attached hydrogen (secondary N) is 2. The Morgan fingerprint density at radius 1 is 1.24 bits per heavy atom. The van der Waals surface area contributed by atoms with Crippen LogP contribution in [0.1, 0.15) is 13.3 Å². The number of rotatable bonds is 6. The third kappa shape index (κ3) is 4.34. The van der Waals surface area contributed by atoms with Gasteiger partial charge in [-0.3, -0.25) is 4.72 Å². The van der Waals surface area contributed by atoms with E-state index in [1.807, 2.05) is 0 Å². The monoisotopic (exact) mass is 325 g/mol. The van der Waals surface area contributed by atoms with Crippen molar-refractivity contribution >= 4 is 33.1 Å². The molecule has 1 aromatic carbocycles. The maximum atomic E-state index is 12.2. The van der Waals surface area contributed by atoms with Crippen LogP contribution in [0.4, 0.5) is 11.5 Å². The Morgan fingerprint density at radius 2 is 2.05 bits per heavy atom. The summed E-state index contributed by atoms with van der Waals surface area (Å²) in [4.78, 5) is 4.18. The number of pyridine rings is 1. The van der Waals surface area contributed by atoms with Gasteiger partial charge in [0, 0.05) is 11.6 Å². The van der Waals surface area contributed by atoms with E-state index >= 15 is 0 Å². The fourth-order valence-corrected chi connectivity index (χ4v) is 2.97. The van der Waals surface area contributed by atoms with E-state index in [2.05, 4.69) is 21.9 Å². The number of hydrogen-bond donors (Lipinski definition) is 2. The van der Waals surface area contributed by atoms with Crippen LogP contribution in [-0.4, -0.2) is 19.9 Å². The van der Waals surface area contributed by atoms with Gasteiger partial charge >= 0.3 is 0 Å². The Bertz CT molecular complexity index is 702. The molecular formula is C14H16ClN3O2S. The van der Waals surface area contributed by atoms with Gasteiger partial charge in [0.15, 0.2) is 0 Å². The summed E-state index contributed by atoms with van der Waals surface area (Å²) in [5.41, 5.74) is 0.850. The van der Waals surface area contributed by atoms with E-state index < -0.39 is 10.0 Å². The minimum absolute atomic E-state index is 0.102. The third-order valence-corrected chi connectivity index (χ3v) is 4.28. The Hall–Kier alpha value is -1.79. The number of sulfonamides is 1. The molecule has 0 amide bonds. The molecule has 2 aromatic rings. The van der Waals surface area contributed by atoms with Crippen molar-refractivity contribution in [2.24, 2.45) is 0 Å². The van der Waals surface area contributed by atoms with Crippen molar-refractivity contribution in [1.82, 2.24) is 4.98 Å². The fraction of sp³-hybridized carbons (Fsp3) is 0.214. The predicted octanol–water partition coefficient (Wildman–Crippen LogP) is 3.36. The zero-order chi connectivity index (χ0) is 15.3. The molecule has 0 atom stereocenters. The molecule has 0 saturated carbocycles. The highest BCUT2D eigenvalue weighted by atomic mass is 35.5. The van der Waals surface area contributed by atoms with Crippen molar-refractivity contribution in [3.8, 4) is 0 Å². The van der Waals surface area contributed by atoms with E-state index in [4.69, 9.17) is 11.6 Å². The lowest BCUT2D eigenvalue weighted by Crippen LogP contribution is -2.14. The van der Waals surface area contributed by atoms with Gasteiger partial charge in [0.25, 0.3) is 10.0 Å². The molecule has 0 spiro atoms. The summed E-state index contributed by atoms with van der Waals surface area (Å²) in [5, 5.41) is 3.53. The first-order valence-electron chi connectivity index (χ1n) is 6.49. The topological polar surface area (TPSA) is 71.1 Å². The maximum absolute atomic E-state index is 12.2. The van der Waals surface area contributed by atoms with Gasteiger partial charge in [0.2, 0.25) is 0 Å². The molecule has 0 aliphatic carbocycles. The first-order chi connectivity index (χ1) is 10.0. The van der Waals surface area contributed by atoms with Gasteiger partial charge in [-0.2, -0.15) is 0 Å². The average Bonchev–Trinajstić information content (AvgIpc) is 2.46. The van der Waals surface area contributed by atoms with Crippen LogP contribution in [0.15, 0.2) is 47.5 Å². The minimum atomic E-state index is -3.68. The standard InChI is InChI=1S/C14H16ClN3O2S/c1-2-8-16-12-6-7-14(17-10-12)18-21(19,20)13-5-3-4-11(15)9-13/h3-7,9-10,16H,2,8H2,1H3,(H,17,18). The summed E-state index contributed by atoms with van der Waals surface area (Å²) in [5.74, 6) is 0.261. The van der Waals surface area contributed by atoms with Crippen molar-refractivity contribution in [3.63, 3.8) is 0 Å². The summed E-state index contributed by atoms with van der Waals surface area (Å²) < 4.78 is 26.8. The fourth-order valence-electron chi connectivity index (χ4n) is 1.66. The second-order valence-corrected chi connectivity index (χ2v) is 6.54. The summed E-state index contributed by atoms with van der Waals surface area (Å²) in [6.07, 6.45) is 2.59. The van der Waals surface area contributed by atoms with Gasteiger partial charge < -0.3 is 5.32 Å². The maximum Gasteiger partial charge on any atom is 0.263 e. The molecular weight excluding hydrogens is 310 g/mol. The molecule has 112 valence electrons. The van der Waals surface area contributed by atoms with Gasteiger partial charge in [-0.25, -0.2) is 13.4 Å². The summed E-state index contributed by atoms with van der Waals surface area (Å²) >= 11 is 5.81. The van der Waals surface area contributed by atoms with Crippen LogP contribution >= 0.6 is 11.6 Å². The average molecular weight is 326 g/mol. The molecule has 5 nitrogen and oxygen atoms in total. The Kier molecular flexibility index (Phi) is 5.03. The van der Waals surface area contributed by atoms with E-state index in [-0.39, 0.29) is 10.7 Å². The zero-order valence-corrected chi connectivity index (χ0v) is 13.1. The van der Waals surface area contributed by atoms with Crippen LogP contribution in [-0.2, 0) is 10.0 Å². The molecule has 1 aromatic heterocycles. The van der Waals surface area contributed by atoms with Gasteiger partial charge in [-0.05, 0) is 36.8 Å². The van der Waals surface area contributed by atoms with Gasteiger partial charge in [-0.1, -0.05) is 24.6 Å². The molecule has 0 saturated heterocycles. The van der Waals surface area contributed by atoms with Crippen LogP contribution < -0.4 is 10.0 Å². The zero-order valence-electron chi connectivity index (χ0n) is 11.5. The van der Waals surface area contributed by atoms with Crippen molar-refractivity contribution in [3.05, 3.63) is 47.6 Å². The van der Waals surface area contributed by atoms with Crippen molar-refractivity contribution < 1.29 is 8.42 Å². The number of hydrogen-bond acceptors (Lipinski definition) is 4. The molecule has 0 aliphatic heterocycles. The molecule has 21 heavy (non-hydrogen) atoms. The molecule has 0 radical (unpaired) electrons. The molecule has 1 heterocycles. The Morgan fingerprint density at radius 3 is 2.67 bits per heavy atom. The van der Waals surface area contributed by atoms with E-state index in [1.54, 1.807) is 30.5 Å². The van der Waals surface area contributed by atoms with Gasteiger partial charge in [-0.15, -0.1) is 0 Å². The highest BCUT2D eigenvalue weighted by Gasteiger charge is 2.14. The smallest absolute Gasteiger partial charge is 0.263 e. The largest absolute Gasteiger partial charge is 0.384 e. The molecule has 7 heteroatoms. The van der Waals surface area contributed by atoms with E-state index in [1.165, 1.54) is 12.1 Å². The second kappa shape index (κ2) is 6.78. The lowest BCUT2D eigenvalue weighted by Gasteiger charge is -2.09. The lowest BCUT2D eigenvalue weighted by atomic mass is 10.4. The summed E-state index contributed by atoms with van der Waals surface area (Å²) in [6.45, 7) is 2.91. The Labute approximate surface area is 129 Å². The second-order valence-electron chi connectivity index (χ2n) is 4.42. The number of nitrogens with zero attached hydrogens (tertiary/aromatic N) is 1. The summed E-state index contributed by atoms with van der Waals surface area (Å²) in [6, 6.07) is 9.46. The van der Waals surface area contributed by atoms with Crippen LogP contribution in [0.2, 0.25) is 5.02 Å². The van der Waals surface area contributed by atoms with Gasteiger partial charge in [0.05, 0.1) is 16.8 Å². The first kappa shape index (κ1) is 15.6. The van der Waals surface area contributed by atoms with E-state index in [9.17, 15) is 8.42 Å². The van der Waals surface area contributed by atoms with Crippen LogP contribution in [0, 0.1) is 0 Å². The van der Waals surface area contributed by atoms with Crippen molar-refractivity contribution in [1.29, 1.82) is 0 Å². The van der Waals surface area contributed by atoms with Crippen LogP contribution in [0.3, 0.4) is 0 Å². The third-order valence-electron chi connectivity index (χ3n) is 2.69. The quantitative estimate of drug-likeness (QED) is 0.854. The first-order valence-corrected chi connectivity index (χ1v) is 8.35. The number of benzene rings is 1. The van der Waals surface area contributed by atoms with E-state index in [0.717, 1.165) is 18.7 Å². The van der Waals surface area contributed by atoms with Crippen LogP contribution in [0.25, 0.3) is 0 Å². The van der Waals surface area contributed by atoms with E-state index in [0.29, 0.717) is 5.02 Å². The van der Waals surface area contributed by atoms with Gasteiger partial charge in [0.1, 0.15) is 5.82 Å². The highest BCUT2D eigenvalue weighted by Crippen LogP contribution is 2.19. The predicted molar refractivity (Wildman–Crippen MR) is 85.3 cm³/mol. The van der Waals surface area contributed by atoms with Crippen LogP contribution in [0.5, 0.6) is 0 Å². The highest BCUT2D eigenvalue weighted by molar-refractivity contribution is 7.92. The molecule has 0 aliphatic rings. The van der Waals surface area contributed by atoms with Crippen molar-refractivity contribution in [2.45, 2.75) is 18.2 Å². The molecule has 2 rings (SSSR count). The van der Waals surface area contributed by atoms with Crippen molar-refractivity contribution in [2.75, 3.05) is 16.6 Å². The molecule has 2 N–H and O–H groups in total. The number of halogens is 1. The minimum Gasteiger partial charge on any atom is -0.384 e. The molecule has 0 fully saturated rings. The normalized spacial score (nSPS) is 11.1. The Balaban J connectivity index is 2.13. The summed E-state index contributed by atoms with van der Waals surface area (Å²) in [7, 11) is -3.68. The molecule has 0 unspecified atom stereocenters. The number of aromatic nitrogens is 1. The molecule has 0 bridgehead atoms. The number of anilines is 2. The SMILES string of the molecule is CCCNc1ccc(NS(=O)(=O)c2cccc(Cl)c2)nc1. The lowest BCUT2D eigenvalue weighted by molar-refractivity contribution is 0.601.